The molecule has 9 heterocycles. The lowest BCUT2D eigenvalue weighted by atomic mass is 9.95. The van der Waals surface area contributed by atoms with Gasteiger partial charge >= 0.3 is 0 Å². The minimum Gasteiger partial charge on any atom is -0.394 e. The largest absolute Gasteiger partial charge is 0.394 e. The van der Waals surface area contributed by atoms with Crippen LogP contribution < -0.4 is 0 Å². The predicted octanol–water partition coefficient (Wildman–Crippen LogP) is -19.4. The third kappa shape index (κ3) is 23.7. The van der Waals surface area contributed by atoms with E-state index in [1.165, 1.54) is 20.8 Å². The van der Waals surface area contributed by atoms with Crippen molar-refractivity contribution < 1.29 is 225 Å². The zero-order valence-corrected chi connectivity index (χ0v) is 58.0. The Kier molecular flexibility index (Phi) is 40.1. The molecule has 624 valence electrons. The summed E-state index contributed by atoms with van der Waals surface area (Å²) in [6.07, 6.45) is -54.4. The van der Waals surface area contributed by atoms with Crippen molar-refractivity contribution in [3.63, 3.8) is 0 Å². The van der Waals surface area contributed by atoms with Crippen LogP contribution >= 0.6 is 0 Å². The second-order valence-corrected chi connectivity index (χ2v) is 26.6. The van der Waals surface area contributed by atoms with Gasteiger partial charge in [0.1, 0.15) is 220 Å². The van der Waals surface area contributed by atoms with Crippen molar-refractivity contribution in [1.29, 1.82) is 0 Å². The number of aliphatic hydroxyl groups is 33. The summed E-state index contributed by atoms with van der Waals surface area (Å²) in [5, 5.41) is 312. The number of ether oxygens (including phenoxy) is 12. The highest BCUT2D eigenvalue weighted by atomic mass is 16.7. The van der Waals surface area contributed by atoms with E-state index in [1.807, 2.05) is 0 Å². The van der Waals surface area contributed by atoms with Crippen molar-refractivity contribution in [1.82, 2.24) is 0 Å². The molecule has 45 atom stereocenters. The Morgan fingerprint density at radius 3 is 0.457 bits per heavy atom. The van der Waals surface area contributed by atoms with Crippen LogP contribution in [0.1, 0.15) is 41.5 Å². The molecule has 9 saturated heterocycles. The van der Waals surface area contributed by atoms with Gasteiger partial charge in [0.15, 0.2) is 18.9 Å². The summed E-state index contributed by atoms with van der Waals surface area (Å²) in [5.74, 6) is 0. The molecule has 0 aliphatic carbocycles. The van der Waals surface area contributed by atoms with E-state index in [0.717, 1.165) is 0 Å². The molecular formula is C60H114O45. The van der Waals surface area contributed by atoms with Gasteiger partial charge in [-0.1, -0.05) is 0 Å². The number of aliphatic hydroxyl groups excluding tert-OH is 33. The minimum atomic E-state index is -1.66. The molecule has 0 aromatic rings. The van der Waals surface area contributed by atoms with E-state index in [2.05, 4.69) is 0 Å². The van der Waals surface area contributed by atoms with Gasteiger partial charge in [-0.15, -0.1) is 0 Å². The van der Waals surface area contributed by atoms with Crippen LogP contribution in [-0.4, -0.2) is 503 Å². The molecule has 0 radical (unpaired) electrons. The third-order valence-electron chi connectivity index (χ3n) is 19.1. The van der Waals surface area contributed by atoms with Crippen molar-refractivity contribution in [2.45, 2.75) is 317 Å². The van der Waals surface area contributed by atoms with Gasteiger partial charge in [-0.2, -0.15) is 0 Å². The Balaban J connectivity index is 0.000000273. The van der Waals surface area contributed by atoms with Crippen LogP contribution in [0.2, 0.25) is 0 Å². The molecule has 0 spiro atoms. The van der Waals surface area contributed by atoms with Gasteiger partial charge in [0, 0.05) is 0 Å². The quantitative estimate of drug-likeness (QED) is 0.0724. The Bertz CT molecular complexity index is 2100. The number of hydrogen-bond acceptors (Lipinski definition) is 45. The van der Waals surface area contributed by atoms with Gasteiger partial charge < -0.3 is 225 Å². The first kappa shape index (κ1) is 95.6. The Labute approximate surface area is 600 Å². The maximum atomic E-state index is 10.1. The minimum absolute atomic E-state index is 0.366. The molecule has 0 aromatic carbocycles. The molecule has 9 rings (SSSR count). The molecule has 9 fully saturated rings. The first-order valence-corrected chi connectivity index (χ1v) is 33.8. The van der Waals surface area contributed by atoms with Crippen LogP contribution in [0.4, 0.5) is 0 Å². The van der Waals surface area contributed by atoms with E-state index in [-0.39, 0.29) is 19.8 Å². The standard InChI is InChI=1S/3C13H24O10.3C7H14O5/c3*1-4-7(16)10(19)12(6(3-15)21-4)23-13-11(20)9(18)8(17)5(2-14)22-13;3*1-3-5(9)7(11)6(10)4(2-8)12-3/h3*4-20H,2-3H2,1H3;3*3-11H,2H2,1H3/t4?,5?,6?,7?,8-,9+,10-,11?,12-,13+;4?,5?,6?,7?,8-,9+,10-,11?,12-,13-;4?,5?,6?,7?,8-,9-,10+,11?,12+,13-;3*3?,4?,5?,6-,7-/m110111/s1. The van der Waals surface area contributed by atoms with Crippen LogP contribution in [0, 0.1) is 0 Å². The van der Waals surface area contributed by atoms with Crippen LogP contribution in [-0.2, 0) is 56.8 Å². The molecule has 0 saturated carbocycles. The predicted molar refractivity (Wildman–Crippen MR) is 335 cm³/mol. The maximum absolute atomic E-state index is 10.1. The molecule has 0 aromatic heterocycles. The van der Waals surface area contributed by atoms with E-state index < -0.39 is 315 Å². The van der Waals surface area contributed by atoms with Crippen molar-refractivity contribution in [3.05, 3.63) is 0 Å². The van der Waals surface area contributed by atoms with Gasteiger partial charge in [0.25, 0.3) is 0 Å². The smallest absolute Gasteiger partial charge is 0.187 e. The fourth-order valence-corrected chi connectivity index (χ4v) is 12.2. The second-order valence-electron chi connectivity index (χ2n) is 26.6. The molecule has 45 heteroatoms. The summed E-state index contributed by atoms with van der Waals surface area (Å²) in [7, 11) is 0. The SMILES string of the molecule is CC1OC(CO)[C@@H](O)[C@H](O)C1O.CC1OC(CO)[C@@H](O)[C@H](O)C1O.CC1OC(CO)[C@@H](O)[C@H](O)C1O.CC1OC(CO)[C@@H](O[C@@H]2OC(CO)[C@@H](O)[C@H](O)C2O)[C@H](O)C1O.CC1OC(CO)[C@@H](O[C@@H]2OC(CO)[C@H](O)[C@H](O)C2O)[C@H](O)C1O.CC1OC(CO)[C@@H](O[C@H]2OC(CO)[C@@H](O)[C@H](O)C2O)[C@H](O)C1O. The highest BCUT2D eigenvalue weighted by molar-refractivity contribution is 4.99. The summed E-state index contributed by atoms with van der Waals surface area (Å²) < 4.78 is 62.7. The van der Waals surface area contributed by atoms with Gasteiger partial charge in [0.2, 0.25) is 0 Å². The zero-order valence-electron chi connectivity index (χ0n) is 58.0. The highest BCUT2D eigenvalue weighted by Crippen LogP contribution is 2.34. The normalized spacial score (nSPS) is 50.8. The summed E-state index contributed by atoms with van der Waals surface area (Å²) in [4.78, 5) is 0. The zero-order chi connectivity index (χ0) is 79.8. The van der Waals surface area contributed by atoms with Gasteiger partial charge in [0.05, 0.1) is 96.1 Å². The summed E-state index contributed by atoms with van der Waals surface area (Å²) in [5.41, 5.74) is 0. The fraction of sp³-hybridized carbons (Fsp3) is 1.00. The van der Waals surface area contributed by atoms with Crippen LogP contribution in [0.25, 0.3) is 0 Å². The highest BCUT2D eigenvalue weighted by Gasteiger charge is 2.54. The molecule has 33 N–H and O–H groups in total. The number of rotatable bonds is 15. The first-order chi connectivity index (χ1) is 49.2. The molecule has 0 bridgehead atoms. The number of hydrogen-bond donors (Lipinski definition) is 33. The monoisotopic (exact) mass is 1550 g/mol. The van der Waals surface area contributed by atoms with Crippen molar-refractivity contribution in [3.8, 4) is 0 Å². The lowest BCUT2D eigenvalue weighted by Crippen LogP contribution is -2.64. The summed E-state index contributed by atoms with van der Waals surface area (Å²) in [6.45, 7) is 4.73. The first-order valence-electron chi connectivity index (χ1n) is 33.8. The Morgan fingerprint density at radius 2 is 0.295 bits per heavy atom. The molecular weight excluding hydrogens is 1440 g/mol. The van der Waals surface area contributed by atoms with Crippen molar-refractivity contribution >= 4 is 0 Å². The summed E-state index contributed by atoms with van der Waals surface area (Å²) in [6, 6.07) is 0. The van der Waals surface area contributed by atoms with E-state index >= 15 is 0 Å². The van der Waals surface area contributed by atoms with E-state index in [0.29, 0.717) is 0 Å². The molecule has 105 heavy (non-hydrogen) atoms. The molecule has 45 nitrogen and oxygen atoms in total. The van der Waals surface area contributed by atoms with Gasteiger partial charge in [-0.25, -0.2) is 0 Å². The lowest BCUT2D eigenvalue weighted by molar-refractivity contribution is -0.341. The molecule has 9 aliphatic rings. The van der Waals surface area contributed by atoms with E-state index in [4.69, 9.17) is 87.5 Å². The molecule has 24 unspecified atom stereocenters. The summed E-state index contributed by atoms with van der Waals surface area (Å²) >= 11 is 0. The van der Waals surface area contributed by atoms with Crippen LogP contribution in [0.15, 0.2) is 0 Å². The molecule has 0 amide bonds. The van der Waals surface area contributed by atoms with Crippen molar-refractivity contribution in [2.75, 3.05) is 59.5 Å². The van der Waals surface area contributed by atoms with E-state index in [1.54, 1.807) is 20.8 Å². The van der Waals surface area contributed by atoms with Crippen LogP contribution in [0.5, 0.6) is 0 Å². The van der Waals surface area contributed by atoms with Gasteiger partial charge in [-0.3, -0.25) is 0 Å². The Morgan fingerprint density at radius 1 is 0.162 bits per heavy atom. The van der Waals surface area contributed by atoms with Crippen molar-refractivity contribution in [2.24, 2.45) is 0 Å². The van der Waals surface area contributed by atoms with Gasteiger partial charge in [-0.05, 0) is 41.5 Å². The lowest BCUT2D eigenvalue weighted by Gasteiger charge is -2.45. The van der Waals surface area contributed by atoms with E-state index in [9.17, 15) is 138 Å². The maximum Gasteiger partial charge on any atom is 0.187 e. The third-order valence-corrected chi connectivity index (χ3v) is 19.1. The van der Waals surface area contributed by atoms with Crippen LogP contribution in [0.3, 0.4) is 0 Å². The average Bonchev–Trinajstić information content (AvgIpc) is 0.854. The average molecular weight is 1560 g/mol. The molecule has 9 aliphatic heterocycles. The topological polar surface area (TPSA) is 778 Å². The second kappa shape index (κ2) is 44.0. The fourth-order valence-electron chi connectivity index (χ4n) is 12.2. The Hall–Kier alpha value is -1.80.